The summed E-state index contributed by atoms with van der Waals surface area (Å²) in [6.07, 6.45) is 2.22. The molecule has 7 rings (SSSR count). The van der Waals surface area contributed by atoms with Crippen molar-refractivity contribution in [2.45, 2.75) is 39.6 Å². The lowest BCUT2D eigenvalue weighted by molar-refractivity contribution is 0.0932. The van der Waals surface area contributed by atoms with Gasteiger partial charge in [0.05, 0.1) is 24.5 Å². The number of amides is 1. The standard InChI is InChI=1S/C39H38FN9O2S/c1-3-41-39(52)46-31-16-14-28(15-17-31)33-34-42-20-29-18-30(40)21-44-37(29)51-25(2)19-43-36(50)32-22-45-49(35(32)47-34)38(33)48(23-26-10-6-4-7-11-26)24-27-12-8-5-9-13-27/h4-18,21-22,25H,3,19-20,23-24H2,1-2H3,(H,42,47)(H,43,50)(H2,41,46,52). The van der Waals surface area contributed by atoms with Crippen molar-refractivity contribution in [3.05, 3.63) is 131 Å². The summed E-state index contributed by atoms with van der Waals surface area (Å²) in [6, 6.07) is 29.6. The molecule has 1 aliphatic heterocycles. The largest absolute Gasteiger partial charge is 0.473 e. The zero-order valence-electron chi connectivity index (χ0n) is 28.8. The van der Waals surface area contributed by atoms with E-state index >= 15 is 0 Å². The first kappa shape index (κ1) is 34.4. The molecule has 0 radical (unpaired) electrons. The number of benzene rings is 3. The highest BCUT2D eigenvalue weighted by Gasteiger charge is 2.28. The van der Waals surface area contributed by atoms with Gasteiger partial charge >= 0.3 is 0 Å². The Balaban J connectivity index is 1.46. The molecule has 6 aromatic rings. The molecule has 13 heteroatoms. The first-order valence-corrected chi connectivity index (χ1v) is 17.5. The number of ether oxygens (including phenoxy) is 1. The van der Waals surface area contributed by atoms with Crippen LogP contribution in [0.2, 0.25) is 0 Å². The van der Waals surface area contributed by atoms with Crippen molar-refractivity contribution in [3.63, 3.8) is 0 Å². The van der Waals surface area contributed by atoms with Gasteiger partial charge in [0.1, 0.15) is 29.1 Å². The zero-order chi connectivity index (χ0) is 36.0. The molecule has 4 N–H and O–H groups in total. The van der Waals surface area contributed by atoms with Crippen LogP contribution in [0.15, 0.2) is 103 Å². The summed E-state index contributed by atoms with van der Waals surface area (Å²) in [4.78, 5) is 25.3. The second-order valence-electron chi connectivity index (χ2n) is 12.5. The predicted octanol–water partition coefficient (Wildman–Crippen LogP) is 6.57. The number of carbonyl (C=O) groups excluding carboxylic acids is 1. The molecular weight excluding hydrogens is 678 g/mol. The third-order valence-corrected chi connectivity index (χ3v) is 8.82. The Morgan fingerprint density at radius 1 is 1.00 bits per heavy atom. The fourth-order valence-electron chi connectivity index (χ4n) is 6.14. The Bertz CT molecular complexity index is 2160. The summed E-state index contributed by atoms with van der Waals surface area (Å²) in [5, 5.41) is 18.1. The van der Waals surface area contributed by atoms with E-state index in [1.807, 2.05) is 74.5 Å². The number of anilines is 3. The minimum absolute atomic E-state index is 0.140. The van der Waals surface area contributed by atoms with Crippen molar-refractivity contribution >= 4 is 46.2 Å². The number of hydrogen-bond donors (Lipinski definition) is 4. The summed E-state index contributed by atoms with van der Waals surface area (Å²) in [7, 11) is 0. The van der Waals surface area contributed by atoms with Crippen molar-refractivity contribution < 1.29 is 13.9 Å². The first-order valence-electron chi connectivity index (χ1n) is 17.1. The van der Waals surface area contributed by atoms with Crippen LogP contribution in [0.1, 0.15) is 40.9 Å². The number of fused-ring (bicyclic) bond motifs is 2. The lowest BCUT2D eigenvalue weighted by Gasteiger charge is -2.29. The maximum Gasteiger partial charge on any atom is 0.256 e. The molecule has 4 heterocycles. The lowest BCUT2D eigenvalue weighted by atomic mass is 10.0. The van der Waals surface area contributed by atoms with E-state index in [0.29, 0.717) is 53.2 Å². The van der Waals surface area contributed by atoms with Gasteiger partial charge in [0.2, 0.25) is 5.88 Å². The summed E-state index contributed by atoms with van der Waals surface area (Å²) in [5.41, 5.74) is 5.70. The van der Waals surface area contributed by atoms with Gasteiger partial charge in [-0.2, -0.15) is 9.61 Å². The first-order chi connectivity index (χ1) is 25.4. The van der Waals surface area contributed by atoms with Gasteiger partial charge in [0.25, 0.3) is 5.91 Å². The average molecular weight is 716 g/mol. The Morgan fingerprint density at radius 3 is 2.37 bits per heavy atom. The molecular formula is C39H38FN9O2S. The van der Waals surface area contributed by atoms with Gasteiger partial charge in [0.15, 0.2) is 10.8 Å². The number of hydrogen-bond acceptors (Lipinski definition) is 8. The molecule has 1 aliphatic rings. The van der Waals surface area contributed by atoms with Gasteiger partial charge in [-0.3, -0.25) is 4.79 Å². The molecule has 1 amide bonds. The second kappa shape index (κ2) is 15.4. The van der Waals surface area contributed by atoms with E-state index in [0.717, 1.165) is 34.1 Å². The highest BCUT2D eigenvalue weighted by Crippen LogP contribution is 2.40. The Labute approximate surface area is 306 Å². The Hall–Kier alpha value is -6.08. The summed E-state index contributed by atoms with van der Waals surface area (Å²) in [6.45, 7) is 5.86. The third kappa shape index (κ3) is 7.64. The van der Waals surface area contributed by atoms with E-state index < -0.39 is 11.9 Å². The van der Waals surface area contributed by atoms with Gasteiger partial charge in [-0.15, -0.1) is 0 Å². The number of rotatable bonds is 8. The van der Waals surface area contributed by atoms with Gasteiger partial charge in [-0.1, -0.05) is 72.8 Å². The molecule has 3 aromatic carbocycles. The number of thiocarbonyl (C=S) groups is 1. The van der Waals surface area contributed by atoms with Crippen molar-refractivity contribution in [2.24, 2.45) is 0 Å². The molecule has 0 saturated carbocycles. The van der Waals surface area contributed by atoms with Crippen LogP contribution in [0.25, 0.3) is 16.8 Å². The molecule has 0 saturated heterocycles. The third-order valence-electron chi connectivity index (χ3n) is 8.57. The van der Waals surface area contributed by atoms with Gasteiger partial charge in [0, 0.05) is 37.4 Å². The fourth-order valence-corrected chi connectivity index (χ4v) is 6.40. The van der Waals surface area contributed by atoms with Gasteiger partial charge in [-0.25, -0.2) is 14.4 Å². The van der Waals surface area contributed by atoms with Crippen molar-refractivity contribution in [3.8, 4) is 17.0 Å². The maximum atomic E-state index is 14.6. The van der Waals surface area contributed by atoms with Crippen LogP contribution >= 0.6 is 12.2 Å². The summed E-state index contributed by atoms with van der Waals surface area (Å²) >= 11 is 5.43. The van der Waals surface area contributed by atoms with Crippen LogP contribution in [-0.4, -0.2) is 49.8 Å². The molecule has 52 heavy (non-hydrogen) atoms. The van der Waals surface area contributed by atoms with Gasteiger partial charge in [-0.05, 0) is 61.0 Å². The predicted molar refractivity (Wildman–Crippen MR) is 205 cm³/mol. The highest BCUT2D eigenvalue weighted by atomic mass is 32.1. The highest BCUT2D eigenvalue weighted by molar-refractivity contribution is 7.80. The Morgan fingerprint density at radius 2 is 1.69 bits per heavy atom. The van der Waals surface area contributed by atoms with Crippen molar-refractivity contribution in [1.29, 1.82) is 0 Å². The monoisotopic (exact) mass is 715 g/mol. The topological polar surface area (TPSA) is 121 Å². The van der Waals surface area contributed by atoms with Gasteiger partial charge < -0.3 is 30.9 Å². The normalized spacial score (nSPS) is 14.1. The number of halogens is 1. The van der Waals surface area contributed by atoms with Crippen LogP contribution in [-0.2, 0) is 19.6 Å². The van der Waals surface area contributed by atoms with Crippen LogP contribution < -0.4 is 30.9 Å². The average Bonchev–Trinajstić information content (AvgIpc) is 3.58. The van der Waals surface area contributed by atoms with Crippen LogP contribution in [0.4, 0.5) is 21.7 Å². The van der Waals surface area contributed by atoms with E-state index in [9.17, 15) is 9.18 Å². The summed E-state index contributed by atoms with van der Waals surface area (Å²) < 4.78 is 22.5. The molecule has 0 aliphatic carbocycles. The number of nitrogens with one attached hydrogen (secondary N) is 4. The minimum atomic E-state index is -0.493. The Kier molecular flexibility index (Phi) is 10.2. The number of nitrogens with zero attached hydrogens (tertiary/aromatic N) is 5. The smallest absolute Gasteiger partial charge is 0.256 e. The number of aromatic nitrogens is 4. The minimum Gasteiger partial charge on any atom is -0.473 e. The van der Waals surface area contributed by atoms with Crippen molar-refractivity contribution in [2.75, 3.05) is 28.6 Å². The molecule has 1 atom stereocenters. The summed E-state index contributed by atoms with van der Waals surface area (Å²) in [5.74, 6) is 0.601. The SMILES string of the molecule is CCNC(=S)Nc1ccc(-c2c3nc4c(cnn4c2N(Cc2ccccc2)Cc2ccccc2)C(=O)NCC(C)Oc2ncc(F)cc2CN3)cc1. The van der Waals surface area contributed by atoms with E-state index in [1.165, 1.54) is 6.07 Å². The number of carbonyl (C=O) groups is 1. The second-order valence-corrected chi connectivity index (χ2v) is 12.9. The van der Waals surface area contributed by atoms with Crippen LogP contribution in [0.5, 0.6) is 5.88 Å². The van der Waals surface area contributed by atoms with Crippen molar-refractivity contribution in [1.82, 2.24) is 30.2 Å². The maximum absolute atomic E-state index is 14.6. The number of pyridine rings is 1. The van der Waals surface area contributed by atoms with Crippen LogP contribution in [0.3, 0.4) is 0 Å². The van der Waals surface area contributed by atoms with E-state index in [4.69, 9.17) is 27.0 Å². The molecule has 2 bridgehead atoms. The van der Waals surface area contributed by atoms with Crippen LogP contribution in [0, 0.1) is 5.82 Å². The molecule has 0 fully saturated rings. The fraction of sp³-hybridized carbons (Fsp3) is 0.205. The quantitative estimate of drug-likeness (QED) is 0.129. The lowest BCUT2D eigenvalue weighted by Crippen LogP contribution is -2.34. The zero-order valence-corrected chi connectivity index (χ0v) is 29.6. The molecule has 11 nitrogen and oxygen atoms in total. The molecule has 1 unspecified atom stereocenters. The molecule has 264 valence electrons. The molecule has 3 aromatic heterocycles. The van der Waals surface area contributed by atoms with E-state index in [2.05, 4.69) is 55.4 Å². The van der Waals surface area contributed by atoms with E-state index in [1.54, 1.807) is 10.7 Å². The molecule has 0 spiro atoms. The van der Waals surface area contributed by atoms with E-state index in [-0.39, 0.29) is 24.9 Å².